The van der Waals surface area contributed by atoms with Gasteiger partial charge in [0.1, 0.15) is 5.60 Å². The number of aliphatic hydroxyl groups is 1. The normalized spacial score (nSPS) is 21.9. The molecule has 5 rings (SSSR count). The predicted molar refractivity (Wildman–Crippen MR) is 157 cm³/mol. The monoisotopic (exact) mass is 525 g/mol. The van der Waals surface area contributed by atoms with Crippen LogP contribution in [0.25, 0.3) is 0 Å². The number of fused-ring (bicyclic) bond motifs is 1. The lowest BCUT2D eigenvalue weighted by atomic mass is 9.81. The van der Waals surface area contributed by atoms with Gasteiger partial charge in [-0.15, -0.1) is 0 Å². The molecule has 5 nitrogen and oxygen atoms in total. The van der Waals surface area contributed by atoms with E-state index in [9.17, 15) is 9.90 Å². The predicted octanol–water partition coefficient (Wildman–Crippen LogP) is 6.23. The van der Waals surface area contributed by atoms with E-state index in [1.54, 1.807) is 0 Å². The Morgan fingerprint density at radius 2 is 1.49 bits per heavy atom. The van der Waals surface area contributed by atoms with E-state index in [-0.39, 0.29) is 12.1 Å². The number of carbonyl (C=O) groups is 1. The largest absolute Gasteiger partial charge is 0.378 e. The summed E-state index contributed by atoms with van der Waals surface area (Å²) in [5, 5.41) is 22.0. The fourth-order valence-corrected chi connectivity index (χ4v) is 6.60. The molecular weight excluding hydrogens is 482 g/mol. The molecule has 39 heavy (non-hydrogen) atoms. The average molecular weight is 526 g/mol. The van der Waals surface area contributed by atoms with Crippen LogP contribution in [0.5, 0.6) is 0 Å². The smallest absolute Gasteiger partial charge is 0.315 e. The first-order valence-electron chi connectivity index (χ1n) is 14.8. The number of hydrogen-bond acceptors (Lipinski definition) is 3. The van der Waals surface area contributed by atoms with Crippen LogP contribution in [0.2, 0.25) is 0 Å². The number of benzene rings is 3. The maximum Gasteiger partial charge on any atom is 0.315 e. The van der Waals surface area contributed by atoms with Gasteiger partial charge in [-0.3, -0.25) is 0 Å². The summed E-state index contributed by atoms with van der Waals surface area (Å²) in [5.74, 6) is 0.706. The van der Waals surface area contributed by atoms with Crippen molar-refractivity contribution in [3.8, 4) is 0 Å². The molecule has 1 unspecified atom stereocenters. The molecule has 1 saturated carbocycles. The van der Waals surface area contributed by atoms with Gasteiger partial charge in [0.05, 0.1) is 6.04 Å². The van der Waals surface area contributed by atoms with Crippen LogP contribution >= 0.6 is 0 Å². The molecule has 3 aromatic carbocycles. The Morgan fingerprint density at radius 3 is 2.15 bits per heavy atom. The van der Waals surface area contributed by atoms with Crippen molar-refractivity contribution >= 4 is 6.03 Å². The third-order valence-corrected chi connectivity index (χ3v) is 8.90. The summed E-state index contributed by atoms with van der Waals surface area (Å²) >= 11 is 0. The summed E-state index contributed by atoms with van der Waals surface area (Å²) in [4.78, 5) is 13.0. The second-order valence-electron chi connectivity index (χ2n) is 11.4. The van der Waals surface area contributed by atoms with Crippen LogP contribution in [-0.4, -0.2) is 29.8 Å². The van der Waals surface area contributed by atoms with E-state index in [1.165, 1.54) is 36.8 Å². The molecule has 0 radical (unpaired) electrons. The van der Waals surface area contributed by atoms with Gasteiger partial charge in [-0.05, 0) is 93.0 Å². The molecule has 1 fully saturated rings. The van der Waals surface area contributed by atoms with Crippen LogP contribution in [0.3, 0.4) is 0 Å². The Hall–Kier alpha value is -3.15. The average Bonchev–Trinajstić information content (AvgIpc) is 2.98. The molecule has 0 saturated heterocycles. The number of carbonyl (C=O) groups excluding carboxylic acids is 1. The van der Waals surface area contributed by atoms with Crippen molar-refractivity contribution in [2.45, 2.75) is 82.0 Å². The van der Waals surface area contributed by atoms with E-state index in [0.29, 0.717) is 12.0 Å². The van der Waals surface area contributed by atoms with Crippen molar-refractivity contribution in [1.82, 2.24) is 16.0 Å². The van der Waals surface area contributed by atoms with E-state index in [1.807, 2.05) is 67.6 Å². The molecule has 2 amide bonds. The first-order chi connectivity index (χ1) is 19.0. The standard InChI is InChI=1S/C34H43N3O2/c1-25(34(39,28-13-4-2-5-14-28)29-15-6-3-7-16-29)36-33(38)37-30-21-19-26(20-22-30)23-24-35-32-18-10-12-27-11-8-9-17-31(27)32/h2-9,11,13-17,25-26,30,32,35,39H,10,12,18-24H2,1H3,(H2,36,37,38)/t25?,26?,30?,32-/m0/s1. The molecule has 2 aliphatic carbocycles. The van der Waals surface area contributed by atoms with Crippen molar-refractivity contribution < 1.29 is 9.90 Å². The zero-order chi connectivity index (χ0) is 27.1. The van der Waals surface area contributed by atoms with E-state index in [0.717, 1.165) is 43.4 Å². The third-order valence-electron chi connectivity index (χ3n) is 8.90. The van der Waals surface area contributed by atoms with E-state index >= 15 is 0 Å². The minimum Gasteiger partial charge on any atom is -0.378 e. The molecule has 2 atom stereocenters. The zero-order valence-electron chi connectivity index (χ0n) is 23.1. The van der Waals surface area contributed by atoms with E-state index in [4.69, 9.17) is 0 Å². The van der Waals surface area contributed by atoms with E-state index in [2.05, 4.69) is 40.2 Å². The maximum absolute atomic E-state index is 13.0. The summed E-state index contributed by atoms with van der Waals surface area (Å²) in [6.07, 6.45) is 9.17. The van der Waals surface area contributed by atoms with Crippen LogP contribution in [0.4, 0.5) is 4.79 Å². The fourth-order valence-electron chi connectivity index (χ4n) is 6.60. The number of aryl methyl sites for hydroxylation is 1. The molecule has 4 N–H and O–H groups in total. The molecule has 5 heteroatoms. The van der Waals surface area contributed by atoms with Crippen molar-refractivity contribution in [1.29, 1.82) is 0 Å². The summed E-state index contributed by atoms with van der Waals surface area (Å²) < 4.78 is 0. The molecule has 0 aromatic heterocycles. The highest BCUT2D eigenvalue weighted by Crippen LogP contribution is 2.34. The second kappa shape index (κ2) is 12.8. The van der Waals surface area contributed by atoms with Gasteiger partial charge in [-0.1, -0.05) is 84.9 Å². The minimum absolute atomic E-state index is 0.174. The Bertz CT molecular complexity index is 1150. The fraction of sp³-hybridized carbons (Fsp3) is 0.441. The molecule has 0 bridgehead atoms. The van der Waals surface area contributed by atoms with Crippen LogP contribution in [-0.2, 0) is 12.0 Å². The van der Waals surface area contributed by atoms with Crippen LogP contribution in [0.1, 0.15) is 80.2 Å². The Kier molecular flexibility index (Phi) is 9.00. The maximum atomic E-state index is 13.0. The Morgan fingerprint density at radius 1 is 0.872 bits per heavy atom. The van der Waals surface area contributed by atoms with Gasteiger partial charge in [-0.25, -0.2) is 4.79 Å². The Balaban J connectivity index is 1.09. The van der Waals surface area contributed by atoms with Crippen molar-refractivity contribution in [3.63, 3.8) is 0 Å². The lowest BCUT2D eigenvalue weighted by Gasteiger charge is -2.36. The van der Waals surface area contributed by atoms with Gasteiger partial charge >= 0.3 is 6.03 Å². The number of amides is 2. The molecule has 206 valence electrons. The molecule has 2 aliphatic rings. The quantitative estimate of drug-likeness (QED) is 0.268. The lowest BCUT2D eigenvalue weighted by Crippen LogP contribution is -2.54. The van der Waals surface area contributed by atoms with Crippen LogP contribution in [0, 0.1) is 5.92 Å². The topological polar surface area (TPSA) is 73.4 Å². The summed E-state index contributed by atoms with van der Waals surface area (Å²) in [5.41, 5.74) is 3.18. The number of urea groups is 1. The van der Waals surface area contributed by atoms with Gasteiger partial charge in [0.2, 0.25) is 0 Å². The second-order valence-corrected chi connectivity index (χ2v) is 11.4. The molecule has 0 heterocycles. The molecule has 0 aliphatic heterocycles. The van der Waals surface area contributed by atoms with Crippen molar-refractivity contribution in [3.05, 3.63) is 107 Å². The minimum atomic E-state index is -1.33. The van der Waals surface area contributed by atoms with Gasteiger partial charge in [0.25, 0.3) is 0 Å². The summed E-state index contributed by atoms with van der Waals surface area (Å²) in [6, 6.07) is 28.0. The first kappa shape index (κ1) is 27.4. The SMILES string of the molecule is CC(NC(=O)NC1CCC(CCN[C@H]2CCCc3ccccc32)CC1)C(O)(c1ccccc1)c1ccccc1. The van der Waals surface area contributed by atoms with Crippen molar-refractivity contribution in [2.24, 2.45) is 5.92 Å². The third kappa shape index (κ3) is 6.54. The van der Waals surface area contributed by atoms with Gasteiger partial charge in [-0.2, -0.15) is 0 Å². The molecular formula is C34H43N3O2. The Labute approximate surface area is 233 Å². The van der Waals surface area contributed by atoms with E-state index < -0.39 is 11.6 Å². The number of nitrogens with one attached hydrogen (secondary N) is 3. The highest BCUT2D eigenvalue weighted by atomic mass is 16.3. The molecule has 0 spiro atoms. The summed E-state index contributed by atoms with van der Waals surface area (Å²) in [6.45, 7) is 2.92. The van der Waals surface area contributed by atoms with Gasteiger partial charge in [0, 0.05) is 12.1 Å². The zero-order valence-corrected chi connectivity index (χ0v) is 23.1. The first-order valence-corrected chi connectivity index (χ1v) is 14.8. The highest BCUT2D eigenvalue weighted by molar-refractivity contribution is 5.75. The summed E-state index contributed by atoms with van der Waals surface area (Å²) in [7, 11) is 0. The van der Waals surface area contributed by atoms with Crippen molar-refractivity contribution in [2.75, 3.05) is 6.54 Å². The lowest BCUT2D eigenvalue weighted by molar-refractivity contribution is 0.0470. The molecule has 3 aromatic rings. The van der Waals surface area contributed by atoms with Crippen LogP contribution < -0.4 is 16.0 Å². The highest BCUT2D eigenvalue weighted by Gasteiger charge is 2.38. The van der Waals surface area contributed by atoms with Gasteiger partial charge < -0.3 is 21.1 Å². The number of rotatable bonds is 9. The van der Waals surface area contributed by atoms with Gasteiger partial charge in [0.15, 0.2) is 0 Å². The number of hydrogen-bond donors (Lipinski definition) is 4. The van der Waals surface area contributed by atoms with Crippen LogP contribution in [0.15, 0.2) is 84.9 Å².